The molecule has 2 heterocycles. The minimum atomic E-state index is -3.89. The van der Waals surface area contributed by atoms with Crippen molar-refractivity contribution in [1.29, 1.82) is 0 Å². The van der Waals surface area contributed by atoms with Crippen LogP contribution in [-0.2, 0) is 26.5 Å². The van der Waals surface area contributed by atoms with Crippen molar-refractivity contribution in [3.63, 3.8) is 0 Å². The molecule has 0 aliphatic carbocycles. The van der Waals surface area contributed by atoms with Crippen LogP contribution < -0.4 is 13.8 Å². The van der Waals surface area contributed by atoms with Crippen LogP contribution in [0.2, 0.25) is 0 Å². The third-order valence-electron chi connectivity index (χ3n) is 5.06. The molecule has 0 atom stereocenters. The monoisotopic (exact) mass is 478 g/mol. The number of methoxy groups -OCH3 is 1. The molecule has 164 valence electrons. The molecule has 0 radical (unpaired) electrons. The summed E-state index contributed by atoms with van der Waals surface area (Å²) in [5.74, 6) is 0.254. The fraction of sp³-hybridized carbons (Fsp3) is 0.238. The summed E-state index contributed by atoms with van der Waals surface area (Å²) in [6.45, 7) is 2.19. The van der Waals surface area contributed by atoms with E-state index < -0.39 is 20.0 Å². The predicted octanol–water partition coefficient (Wildman–Crippen LogP) is 4.01. The van der Waals surface area contributed by atoms with Gasteiger partial charge in [0.25, 0.3) is 20.0 Å². The Bertz CT molecular complexity index is 1320. The maximum absolute atomic E-state index is 13.0. The first-order chi connectivity index (χ1) is 14.7. The first-order valence-electron chi connectivity index (χ1n) is 9.59. The van der Waals surface area contributed by atoms with Crippen molar-refractivity contribution in [1.82, 2.24) is 0 Å². The van der Waals surface area contributed by atoms with Gasteiger partial charge in [-0.25, -0.2) is 16.8 Å². The highest BCUT2D eigenvalue weighted by molar-refractivity contribution is 7.94. The van der Waals surface area contributed by atoms with Crippen LogP contribution >= 0.6 is 11.3 Å². The van der Waals surface area contributed by atoms with Crippen molar-refractivity contribution in [2.24, 2.45) is 0 Å². The molecule has 7 nitrogen and oxygen atoms in total. The molecule has 0 spiro atoms. The lowest BCUT2D eigenvalue weighted by molar-refractivity contribution is 0.402. The van der Waals surface area contributed by atoms with Gasteiger partial charge < -0.3 is 4.74 Å². The average Bonchev–Trinajstić information content (AvgIpc) is 3.28. The fourth-order valence-corrected chi connectivity index (χ4v) is 7.55. The Morgan fingerprint density at radius 2 is 1.87 bits per heavy atom. The number of hydrogen-bond acceptors (Lipinski definition) is 6. The van der Waals surface area contributed by atoms with Crippen molar-refractivity contribution >= 4 is 42.8 Å². The number of nitrogens with zero attached hydrogens (tertiary/aromatic N) is 1. The Kier molecular flexibility index (Phi) is 5.71. The van der Waals surface area contributed by atoms with Gasteiger partial charge in [-0.1, -0.05) is 12.1 Å². The number of aryl methyl sites for hydroxylation is 2. The molecule has 0 bridgehead atoms. The molecule has 0 unspecified atom stereocenters. The molecule has 0 amide bonds. The zero-order chi connectivity index (χ0) is 22.2. The molecule has 0 saturated heterocycles. The van der Waals surface area contributed by atoms with Crippen LogP contribution in [0.25, 0.3) is 0 Å². The van der Waals surface area contributed by atoms with E-state index >= 15 is 0 Å². The molecule has 31 heavy (non-hydrogen) atoms. The highest BCUT2D eigenvalue weighted by atomic mass is 32.2. The van der Waals surface area contributed by atoms with Gasteiger partial charge in [-0.15, -0.1) is 11.3 Å². The lowest BCUT2D eigenvalue weighted by Gasteiger charge is -2.30. The van der Waals surface area contributed by atoms with E-state index in [9.17, 15) is 16.8 Å². The summed E-state index contributed by atoms with van der Waals surface area (Å²) in [6, 6.07) is 13.2. The maximum Gasteiger partial charge on any atom is 0.273 e. The Morgan fingerprint density at radius 1 is 1.06 bits per heavy atom. The Labute approximate surface area is 186 Å². The van der Waals surface area contributed by atoms with Gasteiger partial charge in [0.2, 0.25) is 0 Å². The van der Waals surface area contributed by atoms with Gasteiger partial charge in [-0.3, -0.25) is 9.03 Å². The minimum Gasteiger partial charge on any atom is -0.495 e. The summed E-state index contributed by atoms with van der Waals surface area (Å²) in [5.41, 5.74) is 2.53. The molecular weight excluding hydrogens is 456 g/mol. The quantitative estimate of drug-likeness (QED) is 0.578. The maximum atomic E-state index is 13.0. The van der Waals surface area contributed by atoms with Gasteiger partial charge in [0.05, 0.1) is 12.8 Å². The van der Waals surface area contributed by atoms with Gasteiger partial charge in [0.15, 0.2) is 0 Å². The van der Waals surface area contributed by atoms with E-state index in [4.69, 9.17) is 4.74 Å². The number of benzene rings is 2. The van der Waals surface area contributed by atoms with Crippen molar-refractivity contribution in [3.05, 3.63) is 65.0 Å². The van der Waals surface area contributed by atoms with E-state index in [1.54, 1.807) is 60.8 Å². The second-order valence-corrected chi connectivity index (χ2v) is 11.9. The first kappa shape index (κ1) is 21.7. The zero-order valence-corrected chi connectivity index (χ0v) is 19.5. The zero-order valence-electron chi connectivity index (χ0n) is 17.0. The first-order valence-corrected chi connectivity index (χ1v) is 13.4. The summed E-state index contributed by atoms with van der Waals surface area (Å²) < 4.78 is 61.5. The van der Waals surface area contributed by atoms with Crippen molar-refractivity contribution in [2.45, 2.75) is 28.9 Å². The largest absolute Gasteiger partial charge is 0.495 e. The molecule has 0 saturated carbocycles. The number of fused-ring (bicyclic) bond motifs is 1. The molecule has 3 aromatic rings. The lowest BCUT2D eigenvalue weighted by atomic mass is 10.0. The summed E-state index contributed by atoms with van der Waals surface area (Å²) in [4.78, 5) is 0.0506. The molecule has 1 aliphatic rings. The van der Waals surface area contributed by atoms with E-state index in [0.717, 1.165) is 11.1 Å². The molecule has 2 aromatic carbocycles. The topological polar surface area (TPSA) is 92.8 Å². The number of anilines is 2. The van der Waals surface area contributed by atoms with Crippen LogP contribution in [-0.4, -0.2) is 30.5 Å². The van der Waals surface area contributed by atoms with Gasteiger partial charge in [0.1, 0.15) is 14.9 Å². The van der Waals surface area contributed by atoms with E-state index in [1.807, 2.05) is 0 Å². The third kappa shape index (κ3) is 4.15. The average molecular weight is 479 g/mol. The van der Waals surface area contributed by atoms with Crippen molar-refractivity contribution in [2.75, 3.05) is 22.7 Å². The van der Waals surface area contributed by atoms with Gasteiger partial charge in [-0.05, 0) is 72.7 Å². The fourth-order valence-electron chi connectivity index (χ4n) is 3.60. The number of nitrogens with one attached hydrogen (secondary N) is 1. The van der Waals surface area contributed by atoms with Crippen LogP contribution in [0.4, 0.5) is 11.4 Å². The van der Waals surface area contributed by atoms with Gasteiger partial charge in [0, 0.05) is 12.2 Å². The van der Waals surface area contributed by atoms with Crippen LogP contribution in [0.1, 0.15) is 17.5 Å². The highest BCUT2D eigenvalue weighted by Crippen LogP contribution is 2.35. The Balaban J connectivity index is 1.67. The summed E-state index contributed by atoms with van der Waals surface area (Å²) in [6.07, 6.45) is 1.31. The molecule has 1 aromatic heterocycles. The van der Waals surface area contributed by atoms with Crippen LogP contribution in [0.5, 0.6) is 5.75 Å². The number of hydrogen-bond donors (Lipinski definition) is 1. The number of ether oxygens (including phenoxy) is 1. The van der Waals surface area contributed by atoms with Crippen molar-refractivity contribution in [3.8, 4) is 5.75 Å². The SMILES string of the molecule is COc1ccc(C)cc1S(=O)(=O)Nc1ccc2c(c1)CCCN2S(=O)(=O)c1cccs1. The van der Waals surface area contributed by atoms with E-state index in [2.05, 4.69) is 4.72 Å². The lowest BCUT2D eigenvalue weighted by Crippen LogP contribution is -2.35. The van der Waals surface area contributed by atoms with Crippen LogP contribution in [0, 0.1) is 6.92 Å². The highest BCUT2D eigenvalue weighted by Gasteiger charge is 2.30. The molecule has 1 N–H and O–H groups in total. The summed E-state index contributed by atoms with van der Waals surface area (Å²) >= 11 is 1.18. The summed E-state index contributed by atoms with van der Waals surface area (Å²) in [7, 11) is -6.11. The molecule has 10 heteroatoms. The molecular formula is C21H22N2O5S3. The second kappa shape index (κ2) is 8.18. The number of rotatable bonds is 6. The van der Waals surface area contributed by atoms with E-state index in [1.165, 1.54) is 22.8 Å². The molecule has 4 rings (SSSR count). The normalized spacial score (nSPS) is 14.2. The number of sulfonamides is 2. The Morgan fingerprint density at radius 3 is 2.58 bits per heavy atom. The van der Waals surface area contributed by atoms with Gasteiger partial charge >= 0.3 is 0 Å². The van der Waals surface area contributed by atoms with Gasteiger partial charge in [-0.2, -0.15) is 0 Å². The minimum absolute atomic E-state index is 0.0506. The Hall–Kier alpha value is -2.56. The second-order valence-electron chi connectivity index (χ2n) is 7.22. The predicted molar refractivity (Wildman–Crippen MR) is 122 cm³/mol. The van der Waals surface area contributed by atoms with Crippen LogP contribution in [0.3, 0.4) is 0 Å². The molecule has 1 aliphatic heterocycles. The smallest absolute Gasteiger partial charge is 0.273 e. The standard InChI is InChI=1S/C21H22N2O5S3/c1-15-7-10-19(28-2)20(13-15)30(24,25)22-17-8-9-18-16(14-17)5-3-11-23(18)31(26,27)21-6-4-12-29-21/h4,6-10,12-14,22H,3,5,11H2,1-2H3. The summed E-state index contributed by atoms with van der Waals surface area (Å²) in [5, 5.41) is 1.73. The van der Waals surface area contributed by atoms with E-state index in [-0.39, 0.29) is 14.9 Å². The molecule has 0 fully saturated rings. The van der Waals surface area contributed by atoms with E-state index in [0.29, 0.717) is 30.8 Å². The van der Waals surface area contributed by atoms with Crippen molar-refractivity contribution < 1.29 is 21.6 Å². The number of thiophene rings is 1. The van der Waals surface area contributed by atoms with Crippen LogP contribution in [0.15, 0.2) is 63.0 Å². The third-order valence-corrected chi connectivity index (χ3v) is 9.64.